The molecule has 36 heavy (non-hydrogen) atoms. The normalized spacial score (nSPS) is 11.1. The van der Waals surface area contributed by atoms with E-state index in [1.165, 1.54) is 22.2 Å². The monoisotopic (exact) mass is 521 g/mol. The first-order valence-corrected chi connectivity index (χ1v) is 14.0. The van der Waals surface area contributed by atoms with Gasteiger partial charge in [-0.3, -0.25) is 14.2 Å². The highest BCUT2D eigenvalue weighted by Gasteiger charge is 2.20. The summed E-state index contributed by atoms with van der Waals surface area (Å²) in [5, 5.41) is 4.10. The second kappa shape index (κ2) is 11.8. The van der Waals surface area contributed by atoms with Crippen LogP contribution in [0, 0.1) is 6.92 Å². The van der Waals surface area contributed by atoms with Gasteiger partial charge in [-0.1, -0.05) is 44.2 Å². The standard InChI is InChI=1S/C28H31N3O3S2/c1-5-8-23-18(4)25-26(36-23)30-28(31(27(25)33)21-13-9-19(6-2)10-14-21)35-17-24(32)29-20-11-15-22(16-12-20)34-7-3/h9-16H,5-8,17H2,1-4H3,(H,29,32). The fourth-order valence-electron chi connectivity index (χ4n) is 4.01. The molecule has 0 spiro atoms. The average Bonchev–Trinajstić information content (AvgIpc) is 3.19. The molecule has 0 bridgehead atoms. The van der Waals surface area contributed by atoms with E-state index < -0.39 is 0 Å². The van der Waals surface area contributed by atoms with E-state index in [1.807, 2.05) is 62.4 Å². The van der Waals surface area contributed by atoms with Gasteiger partial charge in [0, 0.05) is 10.6 Å². The van der Waals surface area contributed by atoms with Gasteiger partial charge in [0.05, 0.1) is 23.4 Å². The van der Waals surface area contributed by atoms with Crippen LogP contribution in [0.4, 0.5) is 5.69 Å². The molecule has 4 rings (SSSR count). The zero-order valence-corrected chi connectivity index (χ0v) is 22.7. The molecular formula is C28H31N3O3S2. The summed E-state index contributed by atoms with van der Waals surface area (Å²) >= 11 is 2.85. The molecule has 0 fully saturated rings. The number of benzene rings is 2. The van der Waals surface area contributed by atoms with Crippen LogP contribution in [0.25, 0.3) is 15.9 Å². The molecule has 8 heteroatoms. The number of hydrogen-bond donors (Lipinski definition) is 1. The Bertz CT molecular complexity index is 1410. The van der Waals surface area contributed by atoms with Gasteiger partial charge in [-0.15, -0.1) is 11.3 Å². The molecule has 2 aromatic carbocycles. The van der Waals surface area contributed by atoms with Crippen LogP contribution in [0.5, 0.6) is 5.75 Å². The summed E-state index contributed by atoms with van der Waals surface area (Å²) in [6, 6.07) is 15.2. The lowest BCUT2D eigenvalue weighted by atomic mass is 10.1. The highest BCUT2D eigenvalue weighted by atomic mass is 32.2. The van der Waals surface area contributed by atoms with Gasteiger partial charge in [0.1, 0.15) is 10.6 Å². The van der Waals surface area contributed by atoms with Crippen molar-refractivity contribution in [2.45, 2.75) is 52.1 Å². The number of ether oxygens (including phenoxy) is 1. The van der Waals surface area contributed by atoms with E-state index in [0.29, 0.717) is 22.8 Å². The molecule has 0 aliphatic carbocycles. The number of nitrogens with one attached hydrogen (secondary N) is 1. The van der Waals surface area contributed by atoms with Crippen molar-refractivity contribution in [3.63, 3.8) is 0 Å². The number of thioether (sulfide) groups is 1. The number of anilines is 1. The molecule has 188 valence electrons. The van der Waals surface area contributed by atoms with Crippen molar-refractivity contribution in [1.29, 1.82) is 0 Å². The number of fused-ring (bicyclic) bond motifs is 1. The summed E-state index contributed by atoms with van der Waals surface area (Å²) < 4.78 is 7.10. The lowest BCUT2D eigenvalue weighted by Gasteiger charge is -2.13. The zero-order chi connectivity index (χ0) is 25.7. The fraction of sp³-hybridized carbons (Fsp3) is 0.321. The van der Waals surface area contributed by atoms with Crippen LogP contribution in [0.3, 0.4) is 0 Å². The Morgan fingerprint density at radius 1 is 1.08 bits per heavy atom. The zero-order valence-electron chi connectivity index (χ0n) is 21.1. The Labute approximate surface area is 219 Å². The van der Waals surface area contributed by atoms with Crippen molar-refractivity contribution in [3.8, 4) is 11.4 Å². The molecule has 1 N–H and O–H groups in total. The van der Waals surface area contributed by atoms with Crippen molar-refractivity contribution in [1.82, 2.24) is 9.55 Å². The van der Waals surface area contributed by atoms with Gasteiger partial charge in [-0.25, -0.2) is 4.98 Å². The number of carbonyl (C=O) groups excluding carboxylic acids is 1. The summed E-state index contributed by atoms with van der Waals surface area (Å²) in [6.45, 7) is 8.76. The maximum Gasteiger partial charge on any atom is 0.267 e. The van der Waals surface area contributed by atoms with Crippen molar-refractivity contribution >= 4 is 44.9 Å². The SMILES string of the molecule is CCCc1sc2nc(SCC(=O)Nc3ccc(OCC)cc3)n(-c3ccc(CC)cc3)c(=O)c2c1C. The maximum absolute atomic E-state index is 13.8. The minimum Gasteiger partial charge on any atom is -0.494 e. The van der Waals surface area contributed by atoms with Gasteiger partial charge in [-0.05, 0) is 74.2 Å². The number of aromatic nitrogens is 2. The maximum atomic E-state index is 13.8. The summed E-state index contributed by atoms with van der Waals surface area (Å²) in [5.41, 5.74) is 3.57. The van der Waals surface area contributed by atoms with Crippen molar-refractivity contribution in [2.24, 2.45) is 0 Å². The predicted molar refractivity (Wildman–Crippen MR) is 150 cm³/mol. The first-order chi connectivity index (χ1) is 17.4. The number of carbonyl (C=O) groups is 1. The van der Waals surface area contributed by atoms with E-state index in [2.05, 4.69) is 19.2 Å². The van der Waals surface area contributed by atoms with Crippen LogP contribution >= 0.6 is 23.1 Å². The van der Waals surface area contributed by atoms with E-state index in [1.54, 1.807) is 15.9 Å². The van der Waals surface area contributed by atoms with E-state index in [4.69, 9.17) is 9.72 Å². The van der Waals surface area contributed by atoms with E-state index >= 15 is 0 Å². The summed E-state index contributed by atoms with van der Waals surface area (Å²) in [6.07, 6.45) is 2.85. The first kappa shape index (κ1) is 26.0. The predicted octanol–water partition coefficient (Wildman–Crippen LogP) is 6.40. The number of nitrogens with zero attached hydrogens (tertiary/aromatic N) is 2. The quantitative estimate of drug-likeness (QED) is 0.193. The van der Waals surface area contributed by atoms with Crippen LogP contribution in [0.2, 0.25) is 0 Å². The molecule has 6 nitrogen and oxygen atoms in total. The molecule has 4 aromatic rings. The average molecular weight is 522 g/mol. The van der Waals surface area contributed by atoms with Crippen LogP contribution in [0.1, 0.15) is 43.2 Å². The Morgan fingerprint density at radius 2 is 1.81 bits per heavy atom. The Balaban J connectivity index is 1.65. The lowest BCUT2D eigenvalue weighted by molar-refractivity contribution is -0.113. The topological polar surface area (TPSA) is 73.2 Å². The molecule has 1 amide bonds. The third-order valence-corrected chi connectivity index (χ3v) is 8.08. The van der Waals surface area contributed by atoms with E-state index in [0.717, 1.165) is 41.1 Å². The molecule has 0 unspecified atom stereocenters. The van der Waals surface area contributed by atoms with Gasteiger partial charge in [0.15, 0.2) is 5.16 Å². The highest BCUT2D eigenvalue weighted by Crippen LogP contribution is 2.31. The molecule has 0 atom stereocenters. The molecular weight excluding hydrogens is 490 g/mol. The fourth-order valence-corrected chi connectivity index (χ4v) is 6.14. The summed E-state index contributed by atoms with van der Waals surface area (Å²) in [5.74, 6) is 0.722. The molecule has 2 heterocycles. The largest absolute Gasteiger partial charge is 0.494 e. The second-order valence-corrected chi connectivity index (χ2v) is 10.5. The summed E-state index contributed by atoms with van der Waals surface area (Å²) in [4.78, 5) is 33.3. The van der Waals surface area contributed by atoms with E-state index in [-0.39, 0.29) is 17.2 Å². The number of aryl methyl sites for hydroxylation is 3. The number of hydrogen-bond acceptors (Lipinski definition) is 6. The molecule has 0 aliphatic rings. The molecule has 0 saturated heterocycles. The summed E-state index contributed by atoms with van der Waals surface area (Å²) in [7, 11) is 0. The van der Waals surface area contributed by atoms with Gasteiger partial charge >= 0.3 is 0 Å². The highest BCUT2D eigenvalue weighted by molar-refractivity contribution is 7.99. The van der Waals surface area contributed by atoms with Crippen molar-refractivity contribution < 1.29 is 9.53 Å². The van der Waals surface area contributed by atoms with Crippen LogP contribution in [-0.4, -0.2) is 27.8 Å². The Morgan fingerprint density at radius 3 is 2.44 bits per heavy atom. The number of amides is 1. The molecule has 2 aromatic heterocycles. The number of thiophene rings is 1. The first-order valence-electron chi connectivity index (χ1n) is 12.2. The van der Waals surface area contributed by atoms with Crippen molar-refractivity contribution in [3.05, 3.63) is 74.9 Å². The smallest absolute Gasteiger partial charge is 0.267 e. The van der Waals surface area contributed by atoms with Crippen LogP contribution in [-0.2, 0) is 17.6 Å². The third-order valence-electron chi connectivity index (χ3n) is 5.89. The van der Waals surface area contributed by atoms with Gasteiger partial charge in [0.25, 0.3) is 5.56 Å². The third kappa shape index (κ3) is 5.65. The van der Waals surface area contributed by atoms with Gasteiger partial charge < -0.3 is 10.1 Å². The molecule has 0 radical (unpaired) electrons. The number of rotatable bonds is 10. The van der Waals surface area contributed by atoms with Gasteiger partial charge in [-0.2, -0.15) is 0 Å². The minimum atomic E-state index is -0.166. The van der Waals surface area contributed by atoms with Gasteiger partial charge in [0.2, 0.25) is 5.91 Å². The van der Waals surface area contributed by atoms with Crippen LogP contribution < -0.4 is 15.6 Å². The van der Waals surface area contributed by atoms with Crippen LogP contribution in [0.15, 0.2) is 58.5 Å². The second-order valence-electron chi connectivity index (χ2n) is 8.43. The van der Waals surface area contributed by atoms with E-state index in [9.17, 15) is 9.59 Å². The lowest BCUT2D eigenvalue weighted by Crippen LogP contribution is -2.23. The Kier molecular flexibility index (Phi) is 8.48. The molecule has 0 saturated carbocycles. The minimum absolute atomic E-state index is 0.0882. The Hall–Kier alpha value is -3.10. The molecule has 0 aliphatic heterocycles. The van der Waals surface area contributed by atoms with Crippen molar-refractivity contribution in [2.75, 3.05) is 17.7 Å².